The summed E-state index contributed by atoms with van der Waals surface area (Å²) in [6.07, 6.45) is 2.30. The molecule has 0 aliphatic rings. The minimum Gasteiger partial charge on any atom is -0.481 e. The number of hydrogen-bond acceptors (Lipinski definition) is 4. The molecule has 18 heavy (non-hydrogen) atoms. The molecule has 0 bridgehead atoms. The van der Waals surface area contributed by atoms with Crippen molar-refractivity contribution in [3.05, 3.63) is 0 Å². The lowest BCUT2D eigenvalue weighted by atomic mass is 10.3. The van der Waals surface area contributed by atoms with Gasteiger partial charge in [-0.25, -0.2) is 8.42 Å². The fourth-order valence-corrected chi connectivity index (χ4v) is 2.62. The number of rotatable bonds is 10. The van der Waals surface area contributed by atoms with Crippen molar-refractivity contribution in [1.29, 1.82) is 0 Å². The highest BCUT2D eigenvalue weighted by Crippen LogP contribution is 2.01. The molecule has 0 fully saturated rings. The predicted molar refractivity (Wildman–Crippen MR) is 68.1 cm³/mol. The van der Waals surface area contributed by atoms with Crippen LogP contribution in [0.25, 0.3) is 0 Å². The number of amides is 1. The second-order valence-corrected chi connectivity index (χ2v) is 6.33. The molecule has 2 N–H and O–H groups in total. The highest BCUT2D eigenvalue weighted by atomic mass is 32.2. The van der Waals surface area contributed by atoms with Crippen LogP contribution in [0.5, 0.6) is 0 Å². The molecule has 0 saturated heterocycles. The average molecular weight is 279 g/mol. The predicted octanol–water partition coefficient (Wildman–Crippen LogP) is 0.572. The molecule has 1 amide bonds. The van der Waals surface area contributed by atoms with Crippen molar-refractivity contribution in [2.75, 3.05) is 18.1 Å². The zero-order chi connectivity index (χ0) is 14.0. The quantitative estimate of drug-likeness (QED) is 0.569. The van der Waals surface area contributed by atoms with Crippen LogP contribution in [-0.4, -0.2) is 43.5 Å². The standard InChI is InChI=1S/C11H21NO5S/c1-2-3-7-12-10(13)9-18(16,17)8-5-4-6-11(14)15/h2-9H2,1H3,(H,12,13)(H,14,15). The van der Waals surface area contributed by atoms with Crippen LogP contribution < -0.4 is 5.32 Å². The number of nitrogens with one attached hydrogen (secondary N) is 1. The maximum Gasteiger partial charge on any atom is 0.303 e. The number of carboxylic acids is 1. The van der Waals surface area contributed by atoms with Crippen LogP contribution in [-0.2, 0) is 19.4 Å². The van der Waals surface area contributed by atoms with Crippen molar-refractivity contribution < 1.29 is 23.1 Å². The zero-order valence-electron chi connectivity index (χ0n) is 10.6. The molecule has 0 saturated carbocycles. The molecule has 0 unspecified atom stereocenters. The lowest BCUT2D eigenvalue weighted by molar-refractivity contribution is -0.137. The van der Waals surface area contributed by atoms with Crippen LogP contribution in [0.2, 0.25) is 0 Å². The lowest BCUT2D eigenvalue weighted by Gasteiger charge is -2.05. The Hall–Kier alpha value is -1.11. The van der Waals surface area contributed by atoms with E-state index in [1.165, 1.54) is 0 Å². The van der Waals surface area contributed by atoms with E-state index < -0.39 is 27.5 Å². The van der Waals surface area contributed by atoms with Crippen LogP contribution in [0.4, 0.5) is 0 Å². The van der Waals surface area contributed by atoms with Crippen molar-refractivity contribution in [2.45, 2.75) is 39.0 Å². The van der Waals surface area contributed by atoms with Crippen LogP contribution in [0.15, 0.2) is 0 Å². The summed E-state index contributed by atoms with van der Waals surface area (Å²) in [6, 6.07) is 0. The van der Waals surface area contributed by atoms with Gasteiger partial charge >= 0.3 is 5.97 Å². The number of aliphatic carboxylic acids is 1. The summed E-state index contributed by atoms with van der Waals surface area (Å²) in [5.74, 6) is -2.07. The Morgan fingerprint density at radius 3 is 2.39 bits per heavy atom. The lowest BCUT2D eigenvalue weighted by Crippen LogP contribution is -2.31. The highest BCUT2D eigenvalue weighted by molar-refractivity contribution is 7.92. The maximum absolute atomic E-state index is 11.5. The Morgan fingerprint density at radius 2 is 1.83 bits per heavy atom. The number of carbonyl (C=O) groups excluding carboxylic acids is 1. The van der Waals surface area contributed by atoms with E-state index in [1.807, 2.05) is 6.92 Å². The Kier molecular flexibility index (Phi) is 8.36. The molecule has 0 aliphatic heterocycles. The molecular weight excluding hydrogens is 258 g/mol. The van der Waals surface area contributed by atoms with E-state index in [0.29, 0.717) is 13.0 Å². The van der Waals surface area contributed by atoms with Crippen molar-refractivity contribution in [3.8, 4) is 0 Å². The summed E-state index contributed by atoms with van der Waals surface area (Å²) < 4.78 is 23.0. The van der Waals surface area contributed by atoms with Gasteiger partial charge in [-0.05, 0) is 19.3 Å². The molecule has 0 aromatic carbocycles. The third-order valence-corrected chi connectivity index (χ3v) is 3.91. The normalized spacial score (nSPS) is 11.2. The van der Waals surface area contributed by atoms with Gasteiger partial charge in [-0.3, -0.25) is 9.59 Å². The first-order valence-electron chi connectivity index (χ1n) is 6.06. The van der Waals surface area contributed by atoms with E-state index in [4.69, 9.17) is 5.11 Å². The topological polar surface area (TPSA) is 101 Å². The number of unbranched alkanes of at least 4 members (excludes halogenated alkanes) is 2. The van der Waals surface area contributed by atoms with Gasteiger partial charge in [0.15, 0.2) is 9.84 Å². The molecule has 0 atom stereocenters. The fraction of sp³-hybridized carbons (Fsp3) is 0.818. The first kappa shape index (κ1) is 16.9. The molecule has 0 radical (unpaired) electrons. The van der Waals surface area contributed by atoms with Crippen molar-refractivity contribution in [3.63, 3.8) is 0 Å². The van der Waals surface area contributed by atoms with Gasteiger partial charge in [-0.15, -0.1) is 0 Å². The highest BCUT2D eigenvalue weighted by Gasteiger charge is 2.16. The molecule has 106 valence electrons. The molecular formula is C11H21NO5S. The molecule has 0 aromatic rings. The summed E-state index contributed by atoms with van der Waals surface area (Å²) in [4.78, 5) is 21.5. The minimum absolute atomic E-state index is 0.0434. The van der Waals surface area contributed by atoms with Gasteiger partial charge in [0.1, 0.15) is 5.75 Å². The van der Waals surface area contributed by atoms with Crippen LogP contribution in [0.3, 0.4) is 0 Å². The molecule has 0 rings (SSSR count). The van der Waals surface area contributed by atoms with Crippen molar-refractivity contribution in [1.82, 2.24) is 5.32 Å². The third kappa shape index (κ3) is 10.1. The van der Waals surface area contributed by atoms with Crippen LogP contribution >= 0.6 is 0 Å². The van der Waals surface area contributed by atoms with E-state index in [-0.39, 0.29) is 18.6 Å². The van der Waals surface area contributed by atoms with Gasteiger partial charge < -0.3 is 10.4 Å². The second kappa shape index (κ2) is 8.91. The Balaban J connectivity index is 3.85. The van der Waals surface area contributed by atoms with Gasteiger partial charge in [-0.1, -0.05) is 13.3 Å². The van der Waals surface area contributed by atoms with E-state index >= 15 is 0 Å². The van der Waals surface area contributed by atoms with Crippen molar-refractivity contribution in [2.24, 2.45) is 0 Å². The van der Waals surface area contributed by atoms with Crippen LogP contribution in [0.1, 0.15) is 39.0 Å². The summed E-state index contributed by atoms with van der Waals surface area (Å²) in [5.41, 5.74) is 0. The summed E-state index contributed by atoms with van der Waals surface area (Å²) >= 11 is 0. The first-order chi connectivity index (χ1) is 8.37. The van der Waals surface area contributed by atoms with Gasteiger partial charge in [0, 0.05) is 13.0 Å². The summed E-state index contributed by atoms with van der Waals surface area (Å²) in [5, 5.41) is 10.9. The van der Waals surface area contributed by atoms with Gasteiger partial charge in [0.25, 0.3) is 0 Å². The minimum atomic E-state index is -3.42. The Labute approximate surface area is 108 Å². The summed E-state index contributed by atoms with van der Waals surface area (Å²) in [7, 11) is -3.42. The number of sulfone groups is 1. The molecule has 0 aromatic heterocycles. The number of carbonyl (C=O) groups is 2. The van der Waals surface area contributed by atoms with Crippen LogP contribution in [0, 0.1) is 0 Å². The smallest absolute Gasteiger partial charge is 0.303 e. The van der Waals surface area contributed by atoms with Gasteiger partial charge in [-0.2, -0.15) is 0 Å². The maximum atomic E-state index is 11.5. The van der Waals surface area contributed by atoms with E-state index in [1.54, 1.807) is 0 Å². The first-order valence-corrected chi connectivity index (χ1v) is 7.88. The summed E-state index contributed by atoms with van der Waals surface area (Å²) in [6.45, 7) is 2.47. The third-order valence-electron chi connectivity index (χ3n) is 2.30. The largest absolute Gasteiger partial charge is 0.481 e. The van der Waals surface area contributed by atoms with Gasteiger partial charge in [0.2, 0.25) is 5.91 Å². The van der Waals surface area contributed by atoms with Crippen molar-refractivity contribution >= 4 is 21.7 Å². The molecule has 0 heterocycles. The van der Waals surface area contributed by atoms with E-state index in [9.17, 15) is 18.0 Å². The molecule has 7 heteroatoms. The average Bonchev–Trinajstić information content (AvgIpc) is 2.24. The zero-order valence-corrected chi connectivity index (χ0v) is 11.5. The Morgan fingerprint density at radius 1 is 1.17 bits per heavy atom. The number of hydrogen-bond donors (Lipinski definition) is 2. The SMILES string of the molecule is CCCCNC(=O)CS(=O)(=O)CCCCC(=O)O. The number of carboxylic acid groups (broad SMARTS) is 1. The van der Waals surface area contributed by atoms with E-state index in [2.05, 4.69) is 5.32 Å². The monoisotopic (exact) mass is 279 g/mol. The van der Waals surface area contributed by atoms with E-state index in [0.717, 1.165) is 12.8 Å². The second-order valence-electron chi connectivity index (χ2n) is 4.15. The molecule has 0 spiro atoms. The van der Waals surface area contributed by atoms with Gasteiger partial charge in [0.05, 0.1) is 5.75 Å². The Bertz CT molecular complexity index is 364. The molecule has 0 aliphatic carbocycles. The fourth-order valence-electron chi connectivity index (χ4n) is 1.33. The molecule has 6 nitrogen and oxygen atoms in total.